The third-order valence-electron chi connectivity index (χ3n) is 6.10. The van der Waals surface area contributed by atoms with Gasteiger partial charge in [-0.25, -0.2) is 13.4 Å². The molecule has 2 N–H and O–H groups in total. The van der Waals surface area contributed by atoms with E-state index in [-0.39, 0.29) is 17.1 Å². The van der Waals surface area contributed by atoms with Crippen molar-refractivity contribution in [3.8, 4) is 11.6 Å². The third-order valence-corrected chi connectivity index (χ3v) is 6.89. The highest BCUT2D eigenvalue weighted by molar-refractivity contribution is 7.91. The molecule has 3 rings (SSSR count). The summed E-state index contributed by atoms with van der Waals surface area (Å²) in [5.74, 6) is -4.08. The molecule has 1 atom stereocenters. The molecule has 0 spiro atoms. The van der Waals surface area contributed by atoms with Crippen LogP contribution >= 0.6 is 0 Å². The lowest BCUT2D eigenvalue weighted by Crippen LogP contribution is -2.59. The van der Waals surface area contributed by atoms with Gasteiger partial charge in [-0.05, 0) is 30.2 Å². The minimum Gasteiger partial charge on any atom is -0.478 e. The summed E-state index contributed by atoms with van der Waals surface area (Å²) in [6.45, 7) is -4.38. The number of halogens is 8. The summed E-state index contributed by atoms with van der Waals surface area (Å²) in [6.07, 6.45) is -9.99. The zero-order valence-electron chi connectivity index (χ0n) is 22.6. The van der Waals surface area contributed by atoms with Gasteiger partial charge in [0, 0.05) is 49.0 Å². The van der Waals surface area contributed by atoms with Gasteiger partial charge in [0.25, 0.3) is 0 Å². The summed E-state index contributed by atoms with van der Waals surface area (Å²) in [5, 5.41) is 4.04. The van der Waals surface area contributed by atoms with Crippen molar-refractivity contribution in [2.75, 3.05) is 25.2 Å². The maximum atomic E-state index is 14.8. The van der Waals surface area contributed by atoms with Crippen molar-refractivity contribution in [1.29, 1.82) is 0 Å². The van der Waals surface area contributed by atoms with E-state index in [9.17, 15) is 53.1 Å². The Hall–Kier alpha value is -4.03. The van der Waals surface area contributed by atoms with E-state index >= 15 is 0 Å². The van der Waals surface area contributed by atoms with Crippen molar-refractivity contribution in [1.82, 2.24) is 20.6 Å². The van der Waals surface area contributed by atoms with Crippen LogP contribution in [0.2, 0.25) is 0 Å². The molecule has 0 aromatic carbocycles. The van der Waals surface area contributed by atoms with Gasteiger partial charge in [-0.3, -0.25) is 14.6 Å². The molecule has 3 heterocycles. The number of nitrogens with zero attached hydrogens (tertiary/aromatic N) is 2. The fourth-order valence-electron chi connectivity index (χ4n) is 4.14. The van der Waals surface area contributed by atoms with E-state index in [1.165, 1.54) is 0 Å². The van der Waals surface area contributed by atoms with E-state index in [1.807, 2.05) is 5.32 Å². The average molecular weight is 661 g/mol. The molecule has 2 aromatic heterocycles. The number of aromatic nitrogens is 2. The first-order valence-electron chi connectivity index (χ1n) is 12.4. The fraction of sp³-hybridized carbons (Fsp3) is 0.440. The molecule has 2 amide bonds. The first-order chi connectivity index (χ1) is 20.3. The number of alkyl halides is 8. The molecule has 0 unspecified atom stereocenters. The largest absolute Gasteiger partial charge is 0.478 e. The molecule has 10 nitrogen and oxygen atoms in total. The molecule has 0 radical (unpaired) electrons. The van der Waals surface area contributed by atoms with Gasteiger partial charge in [0.1, 0.15) is 11.5 Å². The number of pyridine rings is 2. The monoisotopic (exact) mass is 660 g/mol. The lowest BCUT2D eigenvalue weighted by Gasteiger charge is -2.41. The molecule has 1 aliphatic rings. The van der Waals surface area contributed by atoms with Crippen molar-refractivity contribution in [2.45, 2.75) is 43.8 Å². The summed E-state index contributed by atoms with van der Waals surface area (Å²) < 4.78 is 139. The number of hydrogen-bond acceptors (Lipinski definition) is 8. The molecule has 0 bridgehead atoms. The number of nitrogens with one attached hydrogen (secondary N) is 2. The Kier molecular flexibility index (Phi) is 10.4. The van der Waals surface area contributed by atoms with Crippen LogP contribution in [0.4, 0.5) is 35.1 Å². The summed E-state index contributed by atoms with van der Waals surface area (Å²) in [5.41, 5.74) is -4.83. The van der Waals surface area contributed by atoms with Gasteiger partial charge in [0.2, 0.25) is 17.7 Å². The number of hydrogen-bond donors (Lipinski definition) is 2. The topological polar surface area (TPSA) is 137 Å². The van der Waals surface area contributed by atoms with E-state index in [0.717, 1.165) is 42.9 Å². The molecule has 2 aromatic rings. The Labute approximate surface area is 244 Å². The number of carbonyl (C=O) groups excluding carboxylic acids is 2. The number of amides is 2. The number of sulfone groups is 1. The van der Waals surface area contributed by atoms with Gasteiger partial charge in [-0.1, -0.05) is 0 Å². The highest BCUT2D eigenvalue weighted by Crippen LogP contribution is 2.48. The SMILES string of the molecule is CS(=O)(=O)CC(=O)NCC1=C(c2ccc(OC(F)F)cn2)C[C@@](c2ccc(OCCCC(F)(F)F)nc2)(C(F)(F)F)NC1=O. The zero-order chi connectivity index (χ0) is 32.9. The first-order valence-corrected chi connectivity index (χ1v) is 14.5. The lowest BCUT2D eigenvalue weighted by molar-refractivity contribution is -0.202. The van der Waals surface area contributed by atoms with E-state index < -0.39 is 101 Å². The van der Waals surface area contributed by atoms with Crippen LogP contribution < -0.4 is 20.1 Å². The Morgan fingerprint density at radius 3 is 2.32 bits per heavy atom. The van der Waals surface area contributed by atoms with Crippen LogP contribution in [0.5, 0.6) is 11.6 Å². The molecule has 1 aliphatic heterocycles. The summed E-state index contributed by atoms with van der Waals surface area (Å²) >= 11 is 0. The van der Waals surface area contributed by atoms with Gasteiger partial charge in [-0.15, -0.1) is 0 Å². The zero-order valence-corrected chi connectivity index (χ0v) is 23.4. The number of ether oxygens (including phenoxy) is 2. The Morgan fingerprint density at radius 1 is 1.09 bits per heavy atom. The number of rotatable bonds is 12. The van der Waals surface area contributed by atoms with E-state index in [1.54, 1.807) is 0 Å². The van der Waals surface area contributed by atoms with Crippen LogP contribution in [0.1, 0.15) is 30.5 Å². The van der Waals surface area contributed by atoms with Crippen LogP contribution in [0, 0.1) is 0 Å². The quantitative estimate of drug-likeness (QED) is 0.260. The van der Waals surface area contributed by atoms with Crippen LogP contribution in [0.3, 0.4) is 0 Å². The summed E-state index contributed by atoms with van der Waals surface area (Å²) in [7, 11) is -3.79. The molecular weight excluding hydrogens is 636 g/mol. The number of carbonyl (C=O) groups is 2. The molecule has 0 saturated carbocycles. The van der Waals surface area contributed by atoms with E-state index in [4.69, 9.17) is 4.74 Å². The predicted molar refractivity (Wildman–Crippen MR) is 136 cm³/mol. The van der Waals surface area contributed by atoms with Gasteiger partial charge < -0.3 is 20.1 Å². The highest BCUT2D eigenvalue weighted by atomic mass is 32.2. The van der Waals surface area contributed by atoms with Crippen LogP contribution in [0.15, 0.2) is 42.2 Å². The molecular formula is C25H24F8N4O6S. The minimum absolute atomic E-state index is 0.278. The summed E-state index contributed by atoms with van der Waals surface area (Å²) in [6, 6.07) is 3.86. The van der Waals surface area contributed by atoms with Crippen LogP contribution in [0.25, 0.3) is 5.57 Å². The van der Waals surface area contributed by atoms with E-state index in [0.29, 0.717) is 0 Å². The maximum absolute atomic E-state index is 14.8. The molecule has 44 heavy (non-hydrogen) atoms. The second-order valence-electron chi connectivity index (χ2n) is 9.55. The second kappa shape index (κ2) is 13.3. The fourth-order valence-corrected chi connectivity index (χ4v) is 4.72. The van der Waals surface area contributed by atoms with Crippen molar-refractivity contribution < 1.29 is 62.6 Å². The van der Waals surface area contributed by atoms with Crippen molar-refractivity contribution in [3.63, 3.8) is 0 Å². The average Bonchev–Trinajstić information content (AvgIpc) is 2.88. The van der Waals surface area contributed by atoms with Gasteiger partial charge in [0.05, 0.1) is 18.5 Å². The molecule has 242 valence electrons. The Balaban J connectivity index is 2.00. The van der Waals surface area contributed by atoms with Crippen molar-refractivity contribution >= 4 is 27.2 Å². The molecule has 0 saturated heterocycles. The van der Waals surface area contributed by atoms with Crippen LogP contribution in [-0.4, -0.2) is 74.3 Å². The summed E-state index contributed by atoms with van der Waals surface area (Å²) in [4.78, 5) is 32.9. The van der Waals surface area contributed by atoms with Crippen molar-refractivity contribution in [2.24, 2.45) is 0 Å². The lowest BCUT2D eigenvalue weighted by atomic mass is 9.78. The highest BCUT2D eigenvalue weighted by Gasteiger charge is 2.59. The van der Waals surface area contributed by atoms with Gasteiger partial charge in [-0.2, -0.15) is 35.1 Å². The molecule has 0 aliphatic carbocycles. The third kappa shape index (κ3) is 9.23. The predicted octanol–water partition coefficient (Wildman–Crippen LogP) is 3.69. The first kappa shape index (κ1) is 34.5. The standard InChI is InChI=1S/C25H24F8N4O6S/c1-44(40,41)13-19(38)35-12-17-16(18-5-4-15(11-34-18)43-22(26)27)9-23(25(31,32)33,37-21(17)39)14-3-6-20(36-10-14)42-8-2-7-24(28,29)30/h3-6,10-11,22H,2,7-9,12-13H2,1H3,(H,35,38)(H,37,39)/t23-/m1/s1. The van der Waals surface area contributed by atoms with Gasteiger partial charge in [0.15, 0.2) is 15.4 Å². The molecule has 0 fully saturated rings. The van der Waals surface area contributed by atoms with Crippen LogP contribution in [-0.2, 0) is 25.0 Å². The normalized spacial score (nSPS) is 17.8. The van der Waals surface area contributed by atoms with Gasteiger partial charge >= 0.3 is 19.0 Å². The second-order valence-corrected chi connectivity index (χ2v) is 11.7. The maximum Gasteiger partial charge on any atom is 0.416 e. The van der Waals surface area contributed by atoms with Crippen molar-refractivity contribution in [3.05, 3.63) is 53.5 Å². The Morgan fingerprint density at radius 2 is 1.80 bits per heavy atom. The Bertz CT molecular complexity index is 1480. The smallest absolute Gasteiger partial charge is 0.416 e. The minimum atomic E-state index is -5.20. The molecule has 19 heteroatoms. The van der Waals surface area contributed by atoms with E-state index in [2.05, 4.69) is 20.0 Å².